The van der Waals surface area contributed by atoms with Crippen molar-refractivity contribution in [3.05, 3.63) is 64.9 Å². The van der Waals surface area contributed by atoms with Crippen molar-refractivity contribution in [1.29, 1.82) is 0 Å². The molecular formula is C34H38F3N5O6. The molecule has 48 heavy (non-hydrogen) atoms. The van der Waals surface area contributed by atoms with Crippen LogP contribution in [0.3, 0.4) is 0 Å². The van der Waals surface area contributed by atoms with E-state index in [0.29, 0.717) is 49.4 Å². The maximum absolute atomic E-state index is 15.0. The molecule has 2 N–H and O–H groups in total. The zero-order valence-corrected chi connectivity index (χ0v) is 27.6. The first-order valence-electron chi connectivity index (χ1n) is 15.6. The summed E-state index contributed by atoms with van der Waals surface area (Å²) in [6.07, 6.45) is 1.97. The molecule has 1 fully saturated rings. The molecule has 3 atom stereocenters. The number of benzene rings is 1. The number of esters is 1. The number of carbonyl (C=O) groups excluding carboxylic acids is 3. The molecule has 11 nitrogen and oxygen atoms in total. The van der Waals surface area contributed by atoms with Gasteiger partial charge in [-0.2, -0.15) is 0 Å². The van der Waals surface area contributed by atoms with Gasteiger partial charge in [-0.05, 0) is 70.2 Å². The van der Waals surface area contributed by atoms with Crippen molar-refractivity contribution in [3.63, 3.8) is 0 Å². The highest BCUT2D eigenvalue weighted by atomic mass is 19.1. The minimum Gasteiger partial charge on any atom is -0.494 e. The number of hydrogen-bond donors (Lipinski definition) is 2. The Morgan fingerprint density at radius 1 is 1.04 bits per heavy atom. The first-order chi connectivity index (χ1) is 22.6. The lowest BCUT2D eigenvalue weighted by Crippen LogP contribution is -2.51. The molecule has 0 saturated carbocycles. The van der Waals surface area contributed by atoms with Crippen LogP contribution in [0.15, 0.2) is 30.5 Å². The maximum Gasteiger partial charge on any atom is 0.407 e. The summed E-state index contributed by atoms with van der Waals surface area (Å²) < 4.78 is 60.6. The van der Waals surface area contributed by atoms with Crippen LogP contribution in [0.2, 0.25) is 0 Å². The van der Waals surface area contributed by atoms with E-state index >= 15 is 4.39 Å². The molecule has 2 amide bonds. The van der Waals surface area contributed by atoms with Gasteiger partial charge in [0.05, 0.1) is 35.9 Å². The average molecular weight is 670 g/mol. The van der Waals surface area contributed by atoms with Crippen molar-refractivity contribution in [2.45, 2.75) is 71.6 Å². The van der Waals surface area contributed by atoms with Gasteiger partial charge in [0.25, 0.3) is 5.91 Å². The average Bonchev–Trinajstić information content (AvgIpc) is 3.38. The summed E-state index contributed by atoms with van der Waals surface area (Å²) in [6, 6.07) is 3.69. The van der Waals surface area contributed by atoms with Gasteiger partial charge in [-0.1, -0.05) is 6.92 Å². The highest BCUT2D eigenvalue weighted by molar-refractivity contribution is 6.05. The van der Waals surface area contributed by atoms with Crippen molar-refractivity contribution in [1.82, 2.24) is 15.3 Å². The Morgan fingerprint density at radius 3 is 2.46 bits per heavy atom. The standard InChI is InChI=1S/C34H38F3N5O6/c1-17-13-19(39-33(45)48-34(3,4)5)16-42(15-17)31-20-7-11-26(47-18(2)43)29(20)38-14-24(31)41-32(44)23-10-8-22(36)30(40-23)27-21(35)9-12-25(46-6)28(27)37/h8-10,12,14,17,19,26H,7,11,13,15-16H2,1-6H3,(H,39,45)(H,41,44). The van der Waals surface area contributed by atoms with E-state index in [2.05, 4.69) is 20.6 Å². The number of fused-ring (bicyclic) bond motifs is 1. The van der Waals surface area contributed by atoms with Crippen LogP contribution in [0.1, 0.15) is 75.3 Å². The topological polar surface area (TPSA) is 132 Å². The lowest BCUT2D eigenvalue weighted by Gasteiger charge is -2.40. The molecule has 1 saturated heterocycles. The van der Waals surface area contributed by atoms with E-state index in [-0.39, 0.29) is 23.4 Å². The van der Waals surface area contributed by atoms with Crippen LogP contribution >= 0.6 is 0 Å². The van der Waals surface area contributed by atoms with Gasteiger partial charge in [-0.15, -0.1) is 0 Å². The molecule has 5 rings (SSSR count). The number of methoxy groups -OCH3 is 1. The number of carbonyl (C=O) groups is 3. The molecular weight excluding hydrogens is 631 g/mol. The Labute approximate surface area is 276 Å². The van der Waals surface area contributed by atoms with E-state index in [1.807, 2.05) is 11.8 Å². The van der Waals surface area contributed by atoms with Gasteiger partial charge in [0.1, 0.15) is 34.7 Å². The van der Waals surface area contributed by atoms with Crippen LogP contribution in [0.5, 0.6) is 5.75 Å². The number of halogens is 3. The Kier molecular flexibility index (Phi) is 9.83. The maximum atomic E-state index is 15.0. The van der Waals surface area contributed by atoms with E-state index in [4.69, 9.17) is 14.2 Å². The number of amides is 2. The summed E-state index contributed by atoms with van der Waals surface area (Å²) >= 11 is 0. The Balaban J connectivity index is 1.51. The summed E-state index contributed by atoms with van der Waals surface area (Å²) in [5.74, 6) is -4.74. The molecule has 3 aromatic rings. The minimum absolute atomic E-state index is 0.116. The monoisotopic (exact) mass is 669 g/mol. The van der Waals surface area contributed by atoms with Gasteiger partial charge in [-0.25, -0.2) is 22.9 Å². The lowest BCUT2D eigenvalue weighted by molar-refractivity contribution is -0.146. The molecule has 0 radical (unpaired) electrons. The van der Waals surface area contributed by atoms with Gasteiger partial charge < -0.3 is 29.7 Å². The van der Waals surface area contributed by atoms with E-state index in [0.717, 1.165) is 29.8 Å². The number of nitrogens with one attached hydrogen (secondary N) is 2. The molecule has 1 aliphatic carbocycles. The molecule has 3 unspecified atom stereocenters. The van der Waals surface area contributed by atoms with Crippen LogP contribution in [0.25, 0.3) is 11.3 Å². The summed E-state index contributed by atoms with van der Waals surface area (Å²) in [4.78, 5) is 48.7. The predicted molar refractivity (Wildman–Crippen MR) is 170 cm³/mol. The molecule has 0 bridgehead atoms. The minimum atomic E-state index is -1.16. The second-order valence-corrected chi connectivity index (χ2v) is 13.0. The van der Waals surface area contributed by atoms with Crippen molar-refractivity contribution < 1.29 is 41.8 Å². The number of ether oxygens (including phenoxy) is 3. The largest absolute Gasteiger partial charge is 0.494 e. The van der Waals surface area contributed by atoms with Crippen molar-refractivity contribution >= 4 is 29.3 Å². The van der Waals surface area contributed by atoms with Crippen molar-refractivity contribution in [3.8, 4) is 17.0 Å². The fraction of sp³-hybridized carbons (Fsp3) is 0.441. The predicted octanol–water partition coefficient (Wildman–Crippen LogP) is 6.11. The molecule has 2 aliphatic rings. The smallest absolute Gasteiger partial charge is 0.407 e. The van der Waals surface area contributed by atoms with E-state index in [9.17, 15) is 23.2 Å². The number of aromatic nitrogens is 2. The Hall–Kier alpha value is -4.88. The molecule has 3 heterocycles. The molecule has 14 heteroatoms. The molecule has 0 spiro atoms. The van der Waals surface area contributed by atoms with E-state index in [1.54, 1.807) is 20.8 Å². The van der Waals surface area contributed by atoms with Crippen LogP contribution in [-0.4, -0.2) is 59.8 Å². The third-order valence-corrected chi connectivity index (χ3v) is 7.99. The number of hydrogen-bond acceptors (Lipinski definition) is 9. The van der Waals surface area contributed by atoms with Crippen LogP contribution in [0.4, 0.5) is 29.3 Å². The third kappa shape index (κ3) is 7.47. The van der Waals surface area contributed by atoms with E-state index < -0.39 is 58.4 Å². The van der Waals surface area contributed by atoms with Gasteiger partial charge in [0.2, 0.25) is 0 Å². The molecule has 1 aromatic carbocycles. The lowest BCUT2D eigenvalue weighted by atomic mass is 9.94. The molecule has 1 aliphatic heterocycles. The summed E-state index contributed by atoms with van der Waals surface area (Å²) in [5, 5.41) is 5.75. The van der Waals surface area contributed by atoms with E-state index in [1.165, 1.54) is 20.2 Å². The molecule has 256 valence electrons. The number of anilines is 2. The van der Waals surface area contributed by atoms with Gasteiger partial charge in [0, 0.05) is 31.6 Å². The number of piperidine rings is 1. The Bertz CT molecular complexity index is 1750. The number of alkyl carbamates (subject to hydrolysis) is 1. The van der Waals surface area contributed by atoms with Crippen molar-refractivity contribution in [2.24, 2.45) is 5.92 Å². The summed E-state index contributed by atoms with van der Waals surface area (Å²) in [5.41, 5.74) is -0.239. The second-order valence-electron chi connectivity index (χ2n) is 13.0. The van der Waals surface area contributed by atoms with Crippen LogP contribution in [-0.2, 0) is 20.7 Å². The fourth-order valence-corrected chi connectivity index (χ4v) is 6.21. The third-order valence-electron chi connectivity index (χ3n) is 7.99. The first kappa shape index (κ1) is 34.5. The number of nitrogens with zero attached hydrogens (tertiary/aromatic N) is 3. The highest BCUT2D eigenvalue weighted by Crippen LogP contribution is 2.43. The highest BCUT2D eigenvalue weighted by Gasteiger charge is 2.36. The van der Waals surface area contributed by atoms with Crippen molar-refractivity contribution in [2.75, 3.05) is 30.4 Å². The zero-order chi connectivity index (χ0) is 34.9. The van der Waals surface area contributed by atoms with Gasteiger partial charge >= 0.3 is 12.1 Å². The van der Waals surface area contributed by atoms with Crippen LogP contribution < -0.4 is 20.3 Å². The quantitative estimate of drug-likeness (QED) is 0.286. The summed E-state index contributed by atoms with van der Waals surface area (Å²) in [7, 11) is 1.18. The molecule has 2 aromatic heterocycles. The normalized spacial score (nSPS) is 18.9. The number of pyridine rings is 2. The van der Waals surface area contributed by atoms with Crippen LogP contribution in [0, 0.1) is 23.4 Å². The Morgan fingerprint density at radius 2 is 1.77 bits per heavy atom. The number of rotatable bonds is 7. The summed E-state index contributed by atoms with van der Waals surface area (Å²) in [6.45, 7) is 9.63. The zero-order valence-electron chi connectivity index (χ0n) is 27.6. The second kappa shape index (κ2) is 13.7. The van der Waals surface area contributed by atoms with Gasteiger partial charge in [0.15, 0.2) is 11.6 Å². The van der Waals surface area contributed by atoms with Gasteiger partial charge in [-0.3, -0.25) is 14.6 Å². The first-order valence-corrected chi connectivity index (χ1v) is 15.6. The SMILES string of the molecule is COc1ccc(F)c(-c2nc(C(=O)Nc3cnc4c(c3N3CC(C)CC(NC(=O)OC(C)(C)C)C3)CCC4OC(C)=O)ccc2F)c1F. The fourth-order valence-electron chi connectivity index (χ4n) is 6.21.